The zero-order valence-electron chi connectivity index (χ0n) is 8.48. The van der Waals surface area contributed by atoms with Gasteiger partial charge in [0.15, 0.2) is 0 Å². The van der Waals surface area contributed by atoms with Crippen LogP contribution >= 0.6 is 0 Å². The molecule has 2 rings (SSSR count). The van der Waals surface area contributed by atoms with Gasteiger partial charge in [-0.2, -0.15) is 0 Å². The van der Waals surface area contributed by atoms with Crippen molar-refractivity contribution in [2.24, 2.45) is 0 Å². The molecule has 2 heteroatoms. The van der Waals surface area contributed by atoms with E-state index in [4.69, 9.17) is 9.47 Å². The van der Waals surface area contributed by atoms with E-state index in [9.17, 15) is 0 Å². The fourth-order valence-corrected chi connectivity index (χ4v) is 1.71. The molecule has 0 aromatic heterocycles. The van der Waals surface area contributed by atoms with Gasteiger partial charge in [0, 0.05) is 6.61 Å². The summed E-state index contributed by atoms with van der Waals surface area (Å²) in [4.78, 5) is 0. The molecule has 14 heavy (non-hydrogen) atoms. The van der Waals surface area contributed by atoms with Crippen LogP contribution in [0, 0.1) is 0 Å². The van der Waals surface area contributed by atoms with Gasteiger partial charge < -0.3 is 9.47 Å². The van der Waals surface area contributed by atoms with Crippen LogP contribution in [0.25, 0.3) is 0 Å². The Balaban J connectivity index is 1.82. The Labute approximate surface area is 84.8 Å². The van der Waals surface area contributed by atoms with E-state index in [1.54, 1.807) is 0 Å². The lowest BCUT2D eigenvalue weighted by Gasteiger charge is -2.14. The van der Waals surface area contributed by atoms with E-state index in [1.165, 1.54) is 5.56 Å². The van der Waals surface area contributed by atoms with Crippen LogP contribution in [0.3, 0.4) is 0 Å². The molecule has 0 amide bonds. The lowest BCUT2D eigenvalue weighted by molar-refractivity contribution is -0.00881. The molecule has 0 spiro atoms. The molecule has 0 saturated carbocycles. The molecule has 0 bridgehead atoms. The van der Waals surface area contributed by atoms with Crippen LogP contribution in [0.4, 0.5) is 0 Å². The predicted octanol–water partition coefficient (Wildman–Crippen LogP) is 2.38. The Kier molecular flexibility index (Phi) is 3.17. The van der Waals surface area contributed by atoms with Gasteiger partial charge in [-0.25, -0.2) is 0 Å². The molecule has 76 valence electrons. The minimum atomic E-state index is 0.249. The van der Waals surface area contributed by atoms with Gasteiger partial charge in [0.05, 0.1) is 18.8 Å². The van der Waals surface area contributed by atoms with E-state index in [0.717, 1.165) is 13.0 Å². The van der Waals surface area contributed by atoms with Gasteiger partial charge >= 0.3 is 0 Å². The summed E-state index contributed by atoms with van der Waals surface area (Å²) in [6.45, 7) is 3.60. The Hall–Kier alpha value is -0.860. The molecule has 1 fully saturated rings. The molecule has 0 unspecified atom stereocenters. The summed E-state index contributed by atoms with van der Waals surface area (Å²) in [6, 6.07) is 10.3. The SMILES string of the molecule is C[C@@H]1OCC[C@H]1OCc1ccccc1. The van der Waals surface area contributed by atoms with Crippen LogP contribution in [-0.2, 0) is 16.1 Å². The molecule has 0 aliphatic carbocycles. The molecule has 2 atom stereocenters. The van der Waals surface area contributed by atoms with E-state index in [-0.39, 0.29) is 12.2 Å². The normalized spacial score (nSPS) is 26.6. The van der Waals surface area contributed by atoms with Crippen LogP contribution in [0.2, 0.25) is 0 Å². The zero-order chi connectivity index (χ0) is 9.80. The summed E-state index contributed by atoms with van der Waals surface area (Å²) < 4.78 is 11.2. The van der Waals surface area contributed by atoms with Crippen molar-refractivity contribution < 1.29 is 9.47 Å². The van der Waals surface area contributed by atoms with E-state index < -0.39 is 0 Å². The maximum absolute atomic E-state index is 5.78. The molecular weight excluding hydrogens is 176 g/mol. The van der Waals surface area contributed by atoms with Crippen molar-refractivity contribution in [3.63, 3.8) is 0 Å². The average Bonchev–Trinajstić information content (AvgIpc) is 2.63. The topological polar surface area (TPSA) is 18.5 Å². The first kappa shape index (κ1) is 9.69. The van der Waals surface area contributed by atoms with E-state index in [0.29, 0.717) is 6.61 Å². The van der Waals surface area contributed by atoms with Crippen LogP contribution < -0.4 is 0 Å². The standard InChI is InChI=1S/C12H16O2/c1-10-12(7-8-13-10)14-9-11-5-3-2-4-6-11/h2-6,10,12H,7-9H2,1H3/t10-,12+/m0/s1. The highest BCUT2D eigenvalue weighted by atomic mass is 16.6. The van der Waals surface area contributed by atoms with Gasteiger partial charge in [0.1, 0.15) is 0 Å². The number of hydrogen-bond acceptors (Lipinski definition) is 2. The molecule has 0 N–H and O–H groups in total. The number of rotatable bonds is 3. The van der Waals surface area contributed by atoms with Crippen LogP contribution in [0.15, 0.2) is 30.3 Å². The summed E-state index contributed by atoms with van der Waals surface area (Å²) in [5.41, 5.74) is 1.23. The van der Waals surface area contributed by atoms with Crippen molar-refractivity contribution in [3.05, 3.63) is 35.9 Å². The van der Waals surface area contributed by atoms with E-state index in [1.807, 2.05) is 18.2 Å². The van der Waals surface area contributed by atoms with Crippen LogP contribution in [0.5, 0.6) is 0 Å². The smallest absolute Gasteiger partial charge is 0.0860 e. The Morgan fingerprint density at radius 1 is 1.36 bits per heavy atom. The number of hydrogen-bond donors (Lipinski definition) is 0. The minimum Gasteiger partial charge on any atom is -0.376 e. The van der Waals surface area contributed by atoms with E-state index in [2.05, 4.69) is 19.1 Å². The second kappa shape index (κ2) is 4.58. The molecule has 2 nitrogen and oxygen atoms in total. The third-order valence-electron chi connectivity index (χ3n) is 2.61. The first-order valence-corrected chi connectivity index (χ1v) is 5.13. The minimum absolute atomic E-state index is 0.249. The Morgan fingerprint density at radius 2 is 2.14 bits per heavy atom. The lowest BCUT2D eigenvalue weighted by atomic mass is 10.2. The summed E-state index contributed by atoms with van der Waals surface area (Å²) in [6.07, 6.45) is 1.54. The monoisotopic (exact) mass is 192 g/mol. The molecule has 1 aliphatic heterocycles. The zero-order valence-corrected chi connectivity index (χ0v) is 8.48. The first-order chi connectivity index (χ1) is 6.86. The van der Waals surface area contributed by atoms with Crippen molar-refractivity contribution in [1.82, 2.24) is 0 Å². The largest absolute Gasteiger partial charge is 0.376 e. The highest BCUT2D eigenvalue weighted by Gasteiger charge is 2.24. The lowest BCUT2D eigenvalue weighted by Crippen LogP contribution is -2.20. The van der Waals surface area contributed by atoms with Gasteiger partial charge in [-0.3, -0.25) is 0 Å². The van der Waals surface area contributed by atoms with Gasteiger partial charge in [-0.05, 0) is 18.9 Å². The van der Waals surface area contributed by atoms with Gasteiger partial charge in [-0.15, -0.1) is 0 Å². The summed E-state index contributed by atoms with van der Waals surface area (Å²) in [7, 11) is 0. The fraction of sp³-hybridized carbons (Fsp3) is 0.500. The van der Waals surface area contributed by atoms with Crippen LogP contribution in [0.1, 0.15) is 18.9 Å². The van der Waals surface area contributed by atoms with Gasteiger partial charge in [0.25, 0.3) is 0 Å². The number of ether oxygens (including phenoxy) is 2. The van der Waals surface area contributed by atoms with E-state index >= 15 is 0 Å². The highest BCUT2D eigenvalue weighted by Crippen LogP contribution is 2.17. The molecule has 1 heterocycles. The van der Waals surface area contributed by atoms with Crippen molar-refractivity contribution in [2.75, 3.05) is 6.61 Å². The Morgan fingerprint density at radius 3 is 2.79 bits per heavy atom. The average molecular weight is 192 g/mol. The first-order valence-electron chi connectivity index (χ1n) is 5.13. The quantitative estimate of drug-likeness (QED) is 0.732. The molecule has 0 radical (unpaired) electrons. The van der Waals surface area contributed by atoms with Gasteiger partial charge in [-0.1, -0.05) is 30.3 Å². The third-order valence-corrected chi connectivity index (χ3v) is 2.61. The molecule has 1 saturated heterocycles. The second-order valence-electron chi connectivity index (χ2n) is 3.70. The molecule has 1 aliphatic rings. The Bertz CT molecular complexity index is 271. The molecular formula is C12H16O2. The maximum Gasteiger partial charge on any atom is 0.0860 e. The number of benzene rings is 1. The highest BCUT2D eigenvalue weighted by molar-refractivity contribution is 5.13. The molecule has 1 aromatic rings. The third kappa shape index (κ3) is 2.34. The second-order valence-corrected chi connectivity index (χ2v) is 3.70. The summed E-state index contributed by atoms with van der Waals surface area (Å²) in [5, 5.41) is 0. The summed E-state index contributed by atoms with van der Waals surface area (Å²) in [5.74, 6) is 0. The van der Waals surface area contributed by atoms with Gasteiger partial charge in [0.2, 0.25) is 0 Å². The maximum atomic E-state index is 5.78. The fourth-order valence-electron chi connectivity index (χ4n) is 1.71. The van der Waals surface area contributed by atoms with Crippen molar-refractivity contribution >= 4 is 0 Å². The molecule has 1 aromatic carbocycles. The van der Waals surface area contributed by atoms with Crippen LogP contribution in [-0.4, -0.2) is 18.8 Å². The van der Waals surface area contributed by atoms with Crippen molar-refractivity contribution in [1.29, 1.82) is 0 Å². The van der Waals surface area contributed by atoms with Crippen molar-refractivity contribution in [3.8, 4) is 0 Å². The predicted molar refractivity (Wildman–Crippen MR) is 55.1 cm³/mol. The summed E-state index contributed by atoms with van der Waals surface area (Å²) >= 11 is 0. The van der Waals surface area contributed by atoms with Crippen molar-refractivity contribution in [2.45, 2.75) is 32.2 Å².